The van der Waals surface area contributed by atoms with Gasteiger partial charge in [0.25, 0.3) is 0 Å². The molecule has 9 heteroatoms. The molecule has 1 atom stereocenters. The molecule has 1 unspecified atom stereocenters. The van der Waals surface area contributed by atoms with Gasteiger partial charge in [0.15, 0.2) is 0 Å². The fourth-order valence-corrected chi connectivity index (χ4v) is 3.72. The van der Waals surface area contributed by atoms with E-state index < -0.39 is 15.3 Å². The molecule has 2 heterocycles. The highest BCUT2D eigenvalue weighted by molar-refractivity contribution is 9.11. The SMILES string of the molecule is Cc1nc(N2CC(S(N)(=O)=O)CC2=O)c(Br)cc1Br. The van der Waals surface area contributed by atoms with Gasteiger partial charge in [-0.1, -0.05) is 0 Å². The molecule has 0 radical (unpaired) electrons. The Labute approximate surface area is 127 Å². The zero-order valence-corrected chi connectivity index (χ0v) is 13.9. The van der Waals surface area contributed by atoms with Gasteiger partial charge in [-0.05, 0) is 44.8 Å². The number of carbonyl (C=O) groups is 1. The topological polar surface area (TPSA) is 93.4 Å². The van der Waals surface area contributed by atoms with Crippen LogP contribution in [0, 0.1) is 6.92 Å². The van der Waals surface area contributed by atoms with Crippen molar-refractivity contribution in [2.24, 2.45) is 5.14 Å². The molecule has 0 spiro atoms. The van der Waals surface area contributed by atoms with Crippen LogP contribution >= 0.6 is 31.9 Å². The van der Waals surface area contributed by atoms with E-state index in [1.807, 2.05) is 0 Å². The summed E-state index contributed by atoms with van der Waals surface area (Å²) in [6.07, 6.45) is -0.109. The maximum atomic E-state index is 11.9. The van der Waals surface area contributed by atoms with Crippen LogP contribution < -0.4 is 10.0 Å². The van der Waals surface area contributed by atoms with E-state index in [-0.39, 0.29) is 18.9 Å². The molecule has 2 rings (SSSR count). The first-order valence-corrected chi connectivity index (χ1v) is 8.54. The van der Waals surface area contributed by atoms with Gasteiger partial charge in [0.1, 0.15) is 11.1 Å². The molecule has 0 aliphatic carbocycles. The summed E-state index contributed by atoms with van der Waals surface area (Å²) in [5.74, 6) is 0.116. The van der Waals surface area contributed by atoms with Crippen LogP contribution in [0.3, 0.4) is 0 Å². The number of sulfonamides is 1. The Bertz CT molecular complexity index is 648. The fourth-order valence-electron chi connectivity index (χ4n) is 1.83. The molecule has 1 aliphatic rings. The number of carbonyl (C=O) groups excluding carboxylic acids is 1. The molecule has 1 fully saturated rings. The Kier molecular flexibility index (Phi) is 4.01. The molecule has 1 aliphatic heterocycles. The quantitative estimate of drug-likeness (QED) is 0.792. The van der Waals surface area contributed by atoms with Crippen LogP contribution in [0.1, 0.15) is 12.1 Å². The van der Waals surface area contributed by atoms with Crippen LogP contribution in [-0.2, 0) is 14.8 Å². The van der Waals surface area contributed by atoms with Crippen molar-refractivity contribution in [3.05, 3.63) is 20.7 Å². The molecule has 2 N–H and O–H groups in total. The van der Waals surface area contributed by atoms with E-state index in [0.717, 1.165) is 4.47 Å². The van der Waals surface area contributed by atoms with E-state index in [2.05, 4.69) is 36.8 Å². The lowest BCUT2D eigenvalue weighted by atomic mass is 10.3. The minimum absolute atomic E-state index is 0.0321. The number of aromatic nitrogens is 1. The molecule has 0 saturated carbocycles. The predicted octanol–water partition coefficient (Wildman–Crippen LogP) is 1.31. The van der Waals surface area contributed by atoms with Gasteiger partial charge in [0, 0.05) is 17.4 Å². The summed E-state index contributed by atoms with van der Waals surface area (Å²) < 4.78 is 24.1. The summed E-state index contributed by atoms with van der Waals surface area (Å²) >= 11 is 6.66. The molecular weight excluding hydrogens is 402 g/mol. The van der Waals surface area contributed by atoms with E-state index in [4.69, 9.17) is 5.14 Å². The van der Waals surface area contributed by atoms with Gasteiger partial charge in [0.05, 0.1) is 10.2 Å². The lowest BCUT2D eigenvalue weighted by Crippen LogP contribution is -2.32. The largest absolute Gasteiger partial charge is 0.294 e. The zero-order valence-electron chi connectivity index (χ0n) is 9.93. The summed E-state index contributed by atoms with van der Waals surface area (Å²) in [5.41, 5.74) is 0.713. The molecule has 0 bridgehead atoms. The van der Waals surface area contributed by atoms with Gasteiger partial charge < -0.3 is 0 Å². The van der Waals surface area contributed by atoms with Crippen molar-refractivity contribution in [1.29, 1.82) is 0 Å². The normalized spacial score (nSPS) is 20.1. The highest BCUT2D eigenvalue weighted by atomic mass is 79.9. The number of aryl methyl sites for hydroxylation is 1. The summed E-state index contributed by atoms with van der Waals surface area (Å²) in [7, 11) is -3.72. The molecule has 1 aromatic rings. The zero-order chi connectivity index (χ0) is 14.4. The van der Waals surface area contributed by atoms with Crippen molar-refractivity contribution in [1.82, 2.24) is 4.98 Å². The Balaban J connectivity index is 2.39. The molecule has 19 heavy (non-hydrogen) atoms. The summed E-state index contributed by atoms with van der Waals surface area (Å²) in [6.45, 7) is 1.82. The van der Waals surface area contributed by atoms with Crippen molar-refractivity contribution in [3.63, 3.8) is 0 Å². The first-order chi connectivity index (χ1) is 8.70. The monoisotopic (exact) mass is 411 g/mol. The van der Waals surface area contributed by atoms with Crippen molar-refractivity contribution in [2.75, 3.05) is 11.4 Å². The number of primary sulfonamides is 1. The average molecular weight is 413 g/mol. The third kappa shape index (κ3) is 2.99. The summed E-state index contributed by atoms with van der Waals surface area (Å²) in [5, 5.41) is 4.21. The minimum atomic E-state index is -3.72. The number of hydrogen-bond acceptors (Lipinski definition) is 4. The maximum Gasteiger partial charge on any atom is 0.229 e. The standard InChI is InChI=1S/C10H11Br2N3O3S/c1-5-7(11)3-8(12)10(14-5)15-4-6(2-9(15)16)19(13,17)18/h3,6H,2,4H2,1H3,(H2,13,17,18). The highest BCUT2D eigenvalue weighted by Gasteiger charge is 2.38. The fraction of sp³-hybridized carbons (Fsp3) is 0.400. The van der Waals surface area contributed by atoms with E-state index in [0.29, 0.717) is 16.0 Å². The van der Waals surface area contributed by atoms with Gasteiger partial charge in [-0.15, -0.1) is 0 Å². The maximum absolute atomic E-state index is 11.9. The number of nitrogens with zero attached hydrogens (tertiary/aromatic N) is 2. The molecular formula is C10H11Br2N3O3S. The number of anilines is 1. The number of hydrogen-bond donors (Lipinski definition) is 1. The van der Waals surface area contributed by atoms with Crippen molar-refractivity contribution in [2.45, 2.75) is 18.6 Å². The third-order valence-electron chi connectivity index (χ3n) is 2.90. The average Bonchev–Trinajstić information content (AvgIpc) is 2.65. The Morgan fingerprint density at radius 3 is 2.58 bits per heavy atom. The molecule has 1 aromatic heterocycles. The lowest BCUT2D eigenvalue weighted by molar-refractivity contribution is -0.117. The van der Waals surface area contributed by atoms with Gasteiger partial charge in [-0.2, -0.15) is 0 Å². The second-order valence-corrected chi connectivity index (χ2v) is 7.83. The van der Waals surface area contributed by atoms with E-state index in [9.17, 15) is 13.2 Å². The van der Waals surface area contributed by atoms with Gasteiger partial charge in [0.2, 0.25) is 15.9 Å². The Morgan fingerprint density at radius 1 is 1.42 bits per heavy atom. The van der Waals surface area contributed by atoms with E-state index in [1.54, 1.807) is 13.0 Å². The summed E-state index contributed by atoms with van der Waals surface area (Å²) in [4.78, 5) is 17.6. The van der Waals surface area contributed by atoms with Crippen LogP contribution in [0.4, 0.5) is 5.82 Å². The highest BCUT2D eigenvalue weighted by Crippen LogP contribution is 2.32. The Hall–Kier alpha value is -0.510. The second-order valence-electron chi connectivity index (χ2n) is 4.28. The number of amides is 1. The molecule has 104 valence electrons. The molecule has 1 saturated heterocycles. The van der Waals surface area contributed by atoms with Gasteiger partial charge in [-0.25, -0.2) is 18.5 Å². The number of halogens is 2. The number of pyridine rings is 1. The first kappa shape index (κ1) is 14.9. The van der Waals surface area contributed by atoms with Crippen LogP contribution in [0.25, 0.3) is 0 Å². The first-order valence-electron chi connectivity index (χ1n) is 5.34. The smallest absolute Gasteiger partial charge is 0.229 e. The molecule has 0 aromatic carbocycles. The predicted molar refractivity (Wildman–Crippen MR) is 78.2 cm³/mol. The van der Waals surface area contributed by atoms with Crippen molar-refractivity contribution >= 4 is 53.6 Å². The van der Waals surface area contributed by atoms with Crippen LogP contribution in [0.15, 0.2) is 15.0 Å². The van der Waals surface area contributed by atoms with Gasteiger partial charge >= 0.3 is 0 Å². The number of nitrogens with two attached hydrogens (primary N) is 1. The minimum Gasteiger partial charge on any atom is -0.294 e. The third-order valence-corrected chi connectivity index (χ3v) is 5.53. The summed E-state index contributed by atoms with van der Waals surface area (Å²) in [6, 6.07) is 1.77. The second kappa shape index (κ2) is 5.12. The van der Waals surface area contributed by atoms with Crippen LogP contribution in [0.2, 0.25) is 0 Å². The molecule has 1 amide bonds. The lowest BCUT2D eigenvalue weighted by Gasteiger charge is -2.17. The van der Waals surface area contributed by atoms with E-state index in [1.165, 1.54) is 4.90 Å². The molecule has 6 nitrogen and oxygen atoms in total. The van der Waals surface area contributed by atoms with Crippen LogP contribution in [-0.4, -0.2) is 31.1 Å². The number of rotatable bonds is 2. The Morgan fingerprint density at radius 2 is 2.05 bits per heavy atom. The van der Waals surface area contributed by atoms with E-state index >= 15 is 0 Å². The van der Waals surface area contributed by atoms with Gasteiger partial charge in [-0.3, -0.25) is 9.69 Å². The van der Waals surface area contributed by atoms with Crippen molar-refractivity contribution < 1.29 is 13.2 Å². The van der Waals surface area contributed by atoms with Crippen molar-refractivity contribution in [3.8, 4) is 0 Å². The van der Waals surface area contributed by atoms with Crippen LogP contribution in [0.5, 0.6) is 0 Å².